The summed E-state index contributed by atoms with van der Waals surface area (Å²) < 4.78 is 26.5. The van der Waals surface area contributed by atoms with Gasteiger partial charge in [0.1, 0.15) is 0 Å². The van der Waals surface area contributed by atoms with Crippen molar-refractivity contribution in [2.45, 2.75) is 12.5 Å². The molecule has 3 N–H and O–H groups in total. The molecular formula is C13H12F2N2O. The maximum absolute atomic E-state index is 13.5. The average Bonchev–Trinajstić information content (AvgIpc) is 2.35. The van der Waals surface area contributed by atoms with Gasteiger partial charge in [-0.3, -0.25) is 4.98 Å². The first kappa shape index (κ1) is 12.4. The van der Waals surface area contributed by atoms with Crippen molar-refractivity contribution in [3.05, 3.63) is 59.4 Å². The van der Waals surface area contributed by atoms with Crippen LogP contribution >= 0.6 is 0 Å². The predicted octanol–water partition coefficient (Wildman–Crippen LogP) is 2.22. The van der Waals surface area contributed by atoms with E-state index in [2.05, 4.69) is 4.98 Å². The van der Waals surface area contributed by atoms with Crippen molar-refractivity contribution >= 4 is 5.69 Å². The standard InChI is InChI=1S/C13H12F2N2O/c14-10-3-1-2-9(13(10)15)12(18)6-8-7-17-5-4-11(8)16/h1-5,7,12,18H,6H2,(H2,16,17). The Bertz CT molecular complexity index is 560. The molecule has 1 atom stereocenters. The van der Waals surface area contributed by atoms with Gasteiger partial charge in [-0.2, -0.15) is 0 Å². The molecule has 0 radical (unpaired) electrons. The summed E-state index contributed by atoms with van der Waals surface area (Å²) in [6.07, 6.45) is 1.94. The molecule has 0 amide bonds. The van der Waals surface area contributed by atoms with Crippen molar-refractivity contribution in [2.24, 2.45) is 0 Å². The van der Waals surface area contributed by atoms with Crippen LogP contribution in [0.1, 0.15) is 17.2 Å². The van der Waals surface area contributed by atoms with Crippen LogP contribution in [0.3, 0.4) is 0 Å². The van der Waals surface area contributed by atoms with Crippen LogP contribution in [0.4, 0.5) is 14.5 Å². The lowest BCUT2D eigenvalue weighted by Gasteiger charge is -2.13. The van der Waals surface area contributed by atoms with Gasteiger partial charge in [-0.25, -0.2) is 8.78 Å². The van der Waals surface area contributed by atoms with Crippen molar-refractivity contribution in [2.75, 3.05) is 5.73 Å². The summed E-state index contributed by atoms with van der Waals surface area (Å²) in [5.41, 5.74) is 6.66. The summed E-state index contributed by atoms with van der Waals surface area (Å²) in [6.45, 7) is 0. The Labute approximate surface area is 103 Å². The lowest BCUT2D eigenvalue weighted by atomic mass is 10.0. The second-order valence-electron chi connectivity index (χ2n) is 3.94. The molecule has 94 valence electrons. The minimum atomic E-state index is -1.16. The van der Waals surface area contributed by atoms with Crippen LogP contribution < -0.4 is 5.73 Å². The minimum Gasteiger partial charge on any atom is -0.398 e. The van der Waals surface area contributed by atoms with Gasteiger partial charge in [-0.1, -0.05) is 12.1 Å². The van der Waals surface area contributed by atoms with E-state index in [4.69, 9.17) is 5.73 Å². The van der Waals surface area contributed by atoms with E-state index >= 15 is 0 Å². The van der Waals surface area contributed by atoms with Crippen molar-refractivity contribution in [3.63, 3.8) is 0 Å². The SMILES string of the molecule is Nc1ccncc1CC(O)c1cccc(F)c1F. The molecule has 3 nitrogen and oxygen atoms in total. The Kier molecular flexibility index (Phi) is 3.53. The van der Waals surface area contributed by atoms with Gasteiger partial charge >= 0.3 is 0 Å². The van der Waals surface area contributed by atoms with Gasteiger partial charge in [0.05, 0.1) is 6.10 Å². The Morgan fingerprint density at radius 2 is 2.06 bits per heavy atom. The first-order chi connectivity index (χ1) is 8.59. The number of hydrogen-bond acceptors (Lipinski definition) is 3. The number of aliphatic hydroxyl groups is 1. The molecule has 0 aliphatic carbocycles. The highest BCUT2D eigenvalue weighted by molar-refractivity contribution is 5.45. The Morgan fingerprint density at radius 1 is 1.28 bits per heavy atom. The molecule has 1 unspecified atom stereocenters. The number of hydrogen-bond donors (Lipinski definition) is 2. The highest BCUT2D eigenvalue weighted by atomic mass is 19.2. The normalized spacial score (nSPS) is 12.4. The molecule has 0 bridgehead atoms. The zero-order valence-corrected chi connectivity index (χ0v) is 9.48. The lowest BCUT2D eigenvalue weighted by Crippen LogP contribution is -2.07. The third-order valence-electron chi connectivity index (χ3n) is 2.70. The largest absolute Gasteiger partial charge is 0.398 e. The molecule has 0 saturated heterocycles. The van der Waals surface area contributed by atoms with Crippen LogP contribution in [-0.4, -0.2) is 10.1 Å². The first-order valence-corrected chi connectivity index (χ1v) is 5.40. The molecule has 1 aromatic carbocycles. The summed E-state index contributed by atoms with van der Waals surface area (Å²) in [4.78, 5) is 3.87. The molecule has 0 aliphatic heterocycles. The highest BCUT2D eigenvalue weighted by Gasteiger charge is 2.17. The molecule has 0 spiro atoms. The summed E-state index contributed by atoms with van der Waals surface area (Å²) in [5.74, 6) is -2.02. The zero-order chi connectivity index (χ0) is 13.1. The Hall–Kier alpha value is -2.01. The molecule has 5 heteroatoms. The van der Waals surface area contributed by atoms with Crippen LogP contribution in [0.25, 0.3) is 0 Å². The van der Waals surface area contributed by atoms with Gasteiger partial charge in [0.2, 0.25) is 0 Å². The molecule has 2 rings (SSSR count). The molecule has 1 aromatic heterocycles. The van der Waals surface area contributed by atoms with E-state index < -0.39 is 17.7 Å². The predicted molar refractivity (Wildman–Crippen MR) is 63.7 cm³/mol. The number of aromatic nitrogens is 1. The summed E-state index contributed by atoms with van der Waals surface area (Å²) in [7, 11) is 0. The summed E-state index contributed by atoms with van der Waals surface area (Å²) in [5, 5.41) is 9.91. The summed E-state index contributed by atoms with van der Waals surface area (Å²) in [6, 6.07) is 5.28. The van der Waals surface area contributed by atoms with Crippen molar-refractivity contribution in [1.82, 2.24) is 4.98 Å². The van der Waals surface area contributed by atoms with E-state index in [-0.39, 0.29) is 12.0 Å². The molecule has 1 heterocycles. The van der Waals surface area contributed by atoms with E-state index in [1.54, 1.807) is 6.07 Å². The topological polar surface area (TPSA) is 59.1 Å². The Morgan fingerprint density at radius 3 is 2.78 bits per heavy atom. The van der Waals surface area contributed by atoms with Crippen LogP contribution in [-0.2, 0) is 6.42 Å². The van der Waals surface area contributed by atoms with Gasteiger partial charge in [-0.05, 0) is 17.7 Å². The number of benzene rings is 1. The smallest absolute Gasteiger partial charge is 0.164 e. The monoisotopic (exact) mass is 250 g/mol. The fourth-order valence-electron chi connectivity index (χ4n) is 1.70. The maximum atomic E-state index is 13.5. The second kappa shape index (κ2) is 5.10. The van der Waals surface area contributed by atoms with Crippen molar-refractivity contribution in [3.8, 4) is 0 Å². The third kappa shape index (κ3) is 2.46. The van der Waals surface area contributed by atoms with Crippen LogP contribution in [0.5, 0.6) is 0 Å². The summed E-state index contributed by atoms with van der Waals surface area (Å²) >= 11 is 0. The molecule has 2 aromatic rings. The van der Waals surface area contributed by atoms with E-state index in [1.807, 2.05) is 0 Å². The van der Waals surface area contributed by atoms with Crippen molar-refractivity contribution < 1.29 is 13.9 Å². The number of nitrogens with zero attached hydrogens (tertiary/aromatic N) is 1. The number of pyridine rings is 1. The molecule has 18 heavy (non-hydrogen) atoms. The van der Waals surface area contributed by atoms with E-state index in [0.717, 1.165) is 6.07 Å². The molecule has 0 fully saturated rings. The first-order valence-electron chi connectivity index (χ1n) is 5.40. The second-order valence-corrected chi connectivity index (χ2v) is 3.94. The van der Waals surface area contributed by atoms with Gasteiger partial charge in [0.25, 0.3) is 0 Å². The quantitative estimate of drug-likeness (QED) is 0.878. The average molecular weight is 250 g/mol. The number of nitrogen functional groups attached to an aromatic ring is 1. The zero-order valence-electron chi connectivity index (χ0n) is 9.48. The fraction of sp³-hybridized carbons (Fsp3) is 0.154. The fourth-order valence-corrected chi connectivity index (χ4v) is 1.70. The van der Waals surface area contributed by atoms with E-state index in [9.17, 15) is 13.9 Å². The van der Waals surface area contributed by atoms with E-state index in [0.29, 0.717) is 11.3 Å². The molecule has 0 saturated carbocycles. The van der Waals surface area contributed by atoms with Crippen LogP contribution in [0.2, 0.25) is 0 Å². The number of aliphatic hydroxyl groups excluding tert-OH is 1. The highest BCUT2D eigenvalue weighted by Crippen LogP contribution is 2.24. The number of anilines is 1. The third-order valence-corrected chi connectivity index (χ3v) is 2.70. The Balaban J connectivity index is 2.25. The number of nitrogens with two attached hydrogens (primary N) is 1. The number of halogens is 2. The van der Waals surface area contributed by atoms with Gasteiger partial charge in [-0.15, -0.1) is 0 Å². The lowest BCUT2D eigenvalue weighted by molar-refractivity contribution is 0.172. The van der Waals surface area contributed by atoms with Gasteiger partial charge < -0.3 is 10.8 Å². The van der Waals surface area contributed by atoms with Gasteiger partial charge in [0.15, 0.2) is 11.6 Å². The van der Waals surface area contributed by atoms with Crippen LogP contribution in [0.15, 0.2) is 36.7 Å². The maximum Gasteiger partial charge on any atom is 0.164 e. The van der Waals surface area contributed by atoms with Crippen molar-refractivity contribution in [1.29, 1.82) is 0 Å². The minimum absolute atomic E-state index is 0.0834. The molecule has 0 aliphatic rings. The van der Waals surface area contributed by atoms with E-state index in [1.165, 1.54) is 24.5 Å². The van der Waals surface area contributed by atoms with Gasteiger partial charge in [0, 0.05) is 30.1 Å². The number of rotatable bonds is 3. The molecular weight excluding hydrogens is 238 g/mol. The van der Waals surface area contributed by atoms with Crippen LogP contribution in [0, 0.1) is 11.6 Å².